The molecule has 0 saturated heterocycles. The third-order valence-electron chi connectivity index (χ3n) is 2.34. The second kappa shape index (κ2) is 6.64. The number of thioether (sulfide) groups is 1. The normalized spacial score (nSPS) is 11.4. The molecule has 7 nitrogen and oxygen atoms in total. The zero-order chi connectivity index (χ0) is 16.2. The number of halogens is 3. The zero-order valence-corrected chi connectivity index (χ0v) is 11.8. The Bertz CT molecular complexity index is 644. The van der Waals surface area contributed by atoms with Crippen LogP contribution in [0.1, 0.15) is 6.42 Å². The summed E-state index contributed by atoms with van der Waals surface area (Å²) in [4.78, 5) is 10.7. The highest BCUT2D eigenvalue weighted by Gasteiger charge is 2.31. The fraction of sp³-hybridized carbons (Fsp3) is 0.273. The highest BCUT2D eigenvalue weighted by molar-refractivity contribution is 7.99. The topological polar surface area (TPSA) is 95.9 Å². The van der Waals surface area contributed by atoms with Gasteiger partial charge < -0.3 is 10.5 Å². The Hall–Kier alpha value is -2.30. The first-order chi connectivity index (χ1) is 10.3. The predicted molar refractivity (Wildman–Crippen MR) is 70.4 cm³/mol. The van der Waals surface area contributed by atoms with Crippen LogP contribution in [0.2, 0.25) is 0 Å². The number of carbonyl (C=O) groups excluding carboxylic acids is 1. The number of tetrazole rings is 1. The molecule has 1 aromatic carbocycles. The van der Waals surface area contributed by atoms with Gasteiger partial charge in [-0.3, -0.25) is 4.79 Å². The molecule has 0 spiro atoms. The number of benzene rings is 1. The number of nitrogens with two attached hydrogens (primary N) is 1. The molecular formula is C11H10F3N5O2S. The van der Waals surface area contributed by atoms with Crippen LogP contribution in [-0.4, -0.2) is 38.2 Å². The van der Waals surface area contributed by atoms with Crippen molar-refractivity contribution in [3.63, 3.8) is 0 Å². The van der Waals surface area contributed by atoms with Crippen molar-refractivity contribution in [2.45, 2.75) is 17.9 Å². The molecule has 22 heavy (non-hydrogen) atoms. The summed E-state index contributed by atoms with van der Waals surface area (Å²) in [6.07, 6.45) is -4.58. The van der Waals surface area contributed by atoms with Crippen LogP contribution in [0.15, 0.2) is 29.4 Å². The van der Waals surface area contributed by atoms with Gasteiger partial charge in [0.15, 0.2) is 0 Å². The molecule has 0 aliphatic carbocycles. The van der Waals surface area contributed by atoms with E-state index in [0.717, 1.165) is 12.1 Å². The first-order valence-corrected chi connectivity index (χ1v) is 6.89. The van der Waals surface area contributed by atoms with E-state index in [1.54, 1.807) is 0 Å². The minimum absolute atomic E-state index is 0.163. The van der Waals surface area contributed by atoms with Gasteiger partial charge in [-0.05, 0) is 34.7 Å². The van der Waals surface area contributed by atoms with Crippen LogP contribution in [0, 0.1) is 0 Å². The van der Waals surface area contributed by atoms with E-state index < -0.39 is 12.3 Å². The van der Waals surface area contributed by atoms with Crippen molar-refractivity contribution in [2.24, 2.45) is 5.73 Å². The largest absolute Gasteiger partial charge is 0.573 e. The number of nitrogens with zero attached hydrogens (tertiary/aromatic N) is 4. The van der Waals surface area contributed by atoms with Crippen LogP contribution in [0.3, 0.4) is 0 Å². The lowest BCUT2D eigenvalue weighted by Crippen LogP contribution is -2.17. The lowest BCUT2D eigenvalue weighted by Gasteiger charge is -2.09. The molecule has 2 aromatic rings. The summed E-state index contributed by atoms with van der Waals surface area (Å²) in [7, 11) is 0. The van der Waals surface area contributed by atoms with Crippen molar-refractivity contribution >= 4 is 17.7 Å². The van der Waals surface area contributed by atoms with E-state index in [-0.39, 0.29) is 12.2 Å². The minimum Gasteiger partial charge on any atom is -0.406 e. The van der Waals surface area contributed by atoms with E-state index >= 15 is 0 Å². The zero-order valence-electron chi connectivity index (χ0n) is 10.9. The Morgan fingerprint density at radius 3 is 2.59 bits per heavy atom. The number of alkyl halides is 3. The first kappa shape index (κ1) is 16.1. The minimum atomic E-state index is -4.74. The van der Waals surface area contributed by atoms with Crippen molar-refractivity contribution in [2.75, 3.05) is 5.75 Å². The molecule has 0 aliphatic heterocycles. The molecule has 11 heteroatoms. The fourth-order valence-corrected chi connectivity index (χ4v) is 2.31. The number of hydrogen-bond acceptors (Lipinski definition) is 6. The van der Waals surface area contributed by atoms with Crippen molar-refractivity contribution in [3.8, 4) is 11.4 Å². The fourth-order valence-electron chi connectivity index (χ4n) is 1.46. The smallest absolute Gasteiger partial charge is 0.406 e. The van der Waals surface area contributed by atoms with Gasteiger partial charge in [-0.2, -0.15) is 4.68 Å². The third-order valence-corrected chi connectivity index (χ3v) is 3.26. The SMILES string of the molecule is NC(=O)CCSc1nnnn1-c1ccc(OC(F)(F)F)cc1. The predicted octanol–water partition coefficient (Wildman–Crippen LogP) is 1.53. The van der Waals surface area contributed by atoms with Crippen molar-refractivity contribution in [3.05, 3.63) is 24.3 Å². The lowest BCUT2D eigenvalue weighted by atomic mass is 10.3. The van der Waals surface area contributed by atoms with E-state index in [1.807, 2.05) is 0 Å². The summed E-state index contributed by atoms with van der Waals surface area (Å²) < 4.78 is 41.4. The first-order valence-electron chi connectivity index (χ1n) is 5.91. The average molecular weight is 333 g/mol. The molecule has 0 saturated carbocycles. The molecule has 118 valence electrons. The van der Waals surface area contributed by atoms with Gasteiger partial charge in [0, 0.05) is 12.2 Å². The Morgan fingerprint density at radius 2 is 2.00 bits per heavy atom. The Balaban J connectivity index is 2.09. The van der Waals surface area contributed by atoms with E-state index in [1.165, 1.54) is 28.6 Å². The van der Waals surface area contributed by atoms with Crippen LogP contribution in [0.4, 0.5) is 13.2 Å². The molecule has 2 rings (SSSR count). The summed E-state index contributed by atoms with van der Waals surface area (Å²) in [6.45, 7) is 0. The van der Waals surface area contributed by atoms with Gasteiger partial charge in [-0.25, -0.2) is 0 Å². The second-order valence-corrected chi connectivity index (χ2v) is 5.04. The highest BCUT2D eigenvalue weighted by atomic mass is 32.2. The molecule has 0 unspecified atom stereocenters. The molecule has 1 amide bonds. The maximum atomic E-state index is 12.1. The van der Waals surface area contributed by atoms with Crippen LogP contribution in [0.5, 0.6) is 5.75 Å². The standard InChI is InChI=1S/C11H10F3N5O2S/c12-11(13,14)21-8-3-1-7(2-4-8)19-10(16-17-18-19)22-6-5-9(15)20/h1-4H,5-6H2,(H2,15,20). The lowest BCUT2D eigenvalue weighted by molar-refractivity contribution is -0.274. The van der Waals surface area contributed by atoms with Gasteiger partial charge in [0.25, 0.3) is 0 Å². The summed E-state index contributed by atoms with van der Waals surface area (Å²) in [6, 6.07) is 5.08. The quantitative estimate of drug-likeness (QED) is 0.806. The molecule has 0 atom stereocenters. The number of amides is 1. The maximum Gasteiger partial charge on any atom is 0.573 e. The summed E-state index contributed by atoms with van der Waals surface area (Å²) in [5, 5.41) is 11.4. The van der Waals surface area contributed by atoms with Crippen LogP contribution >= 0.6 is 11.8 Å². The van der Waals surface area contributed by atoms with Gasteiger partial charge in [0.05, 0.1) is 5.69 Å². The molecule has 2 N–H and O–H groups in total. The van der Waals surface area contributed by atoms with Gasteiger partial charge in [0.1, 0.15) is 5.75 Å². The highest BCUT2D eigenvalue weighted by Crippen LogP contribution is 2.25. The van der Waals surface area contributed by atoms with Crippen molar-refractivity contribution < 1.29 is 22.7 Å². The molecule has 0 radical (unpaired) electrons. The van der Waals surface area contributed by atoms with Crippen molar-refractivity contribution in [1.82, 2.24) is 20.2 Å². The average Bonchev–Trinajstić information content (AvgIpc) is 2.86. The Labute approximate surface area is 126 Å². The third kappa shape index (κ3) is 4.62. The van der Waals surface area contributed by atoms with E-state index in [0.29, 0.717) is 16.6 Å². The number of aromatic nitrogens is 4. The van der Waals surface area contributed by atoms with Gasteiger partial charge >= 0.3 is 6.36 Å². The van der Waals surface area contributed by atoms with E-state index in [2.05, 4.69) is 20.3 Å². The Kier molecular flexibility index (Phi) is 4.85. The number of rotatable bonds is 6. The van der Waals surface area contributed by atoms with Crippen LogP contribution in [-0.2, 0) is 4.79 Å². The van der Waals surface area contributed by atoms with Crippen LogP contribution in [0.25, 0.3) is 5.69 Å². The summed E-state index contributed by atoms with van der Waals surface area (Å²) in [5.41, 5.74) is 5.49. The van der Waals surface area contributed by atoms with Crippen molar-refractivity contribution in [1.29, 1.82) is 0 Å². The van der Waals surface area contributed by atoms with Gasteiger partial charge in [-0.15, -0.1) is 18.3 Å². The summed E-state index contributed by atoms with van der Waals surface area (Å²) in [5.74, 6) is -0.391. The number of ether oxygens (including phenoxy) is 1. The molecule has 0 aliphatic rings. The molecule has 1 heterocycles. The van der Waals surface area contributed by atoms with Gasteiger partial charge in [-0.1, -0.05) is 11.8 Å². The number of carbonyl (C=O) groups is 1. The van der Waals surface area contributed by atoms with E-state index in [4.69, 9.17) is 5.73 Å². The number of primary amides is 1. The molecule has 0 bridgehead atoms. The molecule has 1 aromatic heterocycles. The van der Waals surface area contributed by atoms with Crippen LogP contribution < -0.4 is 10.5 Å². The number of hydrogen-bond donors (Lipinski definition) is 1. The summed E-state index contributed by atoms with van der Waals surface area (Å²) >= 11 is 1.21. The van der Waals surface area contributed by atoms with E-state index in [9.17, 15) is 18.0 Å². The molecular weight excluding hydrogens is 323 g/mol. The molecule has 0 fully saturated rings. The maximum absolute atomic E-state index is 12.1. The monoisotopic (exact) mass is 333 g/mol. The Morgan fingerprint density at radius 1 is 1.32 bits per heavy atom. The second-order valence-electron chi connectivity index (χ2n) is 3.98. The van der Waals surface area contributed by atoms with Gasteiger partial charge in [0.2, 0.25) is 11.1 Å².